The molecule has 3 N–H and O–H groups in total. The van der Waals surface area contributed by atoms with Crippen molar-refractivity contribution in [1.29, 1.82) is 0 Å². The van der Waals surface area contributed by atoms with Crippen molar-refractivity contribution in [3.8, 4) is 5.75 Å². The molecule has 0 radical (unpaired) electrons. The van der Waals surface area contributed by atoms with Crippen molar-refractivity contribution >= 4 is 29.7 Å². The predicted octanol–water partition coefficient (Wildman–Crippen LogP) is 2.45. The summed E-state index contributed by atoms with van der Waals surface area (Å²) in [5, 5.41) is 2.75. The van der Waals surface area contributed by atoms with E-state index in [1.807, 2.05) is 24.3 Å². The molecule has 5 atom stereocenters. The molecular weight excluding hydrogens is 618 g/mol. The van der Waals surface area contributed by atoms with Gasteiger partial charge in [-0.05, 0) is 69.6 Å². The Morgan fingerprint density at radius 3 is 2.21 bits per heavy atom. The number of hydrogen-bond acceptors (Lipinski definition) is 8. The molecular formula is C35H51N5O8. The number of nitrogens with one attached hydrogen (secondary N) is 1. The van der Waals surface area contributed by atoms with Crippen LogP contribution < -0.4 is 15.8 Å². The van der Waals surface area contributed by atoms with E-state index in [0.717, 1.165) is 31.2 Å². The van der Waals surface area contributed by atoms with E-state index >= 15 is 0 Å². The van der Waals surface area contributed by atoms with E-state index in [9.17, 15) is 24.0 Å². The van der Waals surface area contributed by atoms with Gasteiger partial charge in [0, 0.05) is 33.8 Å². The molecule has 2 heterocycles. The summed E-state index contributed by atoms with van der Waals surface area (Å²) in [4.78, 5) is 72.9. The molecule has 2 aliphatic carbocycles. The van der Waals surface area contributed by atoms with E-state index in [2.05, 4.69) is 5.32 Å². The van der Waals surface area contributed by atoms with E-state index in [1.54, 1.807) is 39.8 Å². The second-order valence-corrected chi connectivity index (χ2v) is 15.0. The summed E-state index contributed by atoms with van der Waals surface area (Å²) in [5.74, 6) is -0.493. The number of primary amides is 1. The highest BCUT2D eigenvalue weighted by molar-refractivity contribution is 5.96. The monoisotopic (exact) mass is 669 g/mol. The van der Waals surface area contributed by atoms with Crippen molar-refractivity contribution < 1.29 is 38.2 Å². The van der Waals surface area contributed by atoms with Gasteiger partial charge in [0.1, 0.15) is 29.5 Å². The number of benzene rings is 1. The predicted molar refractivity (Wildman–Crippen MR) is 175 cm³/mol. The first-order valence-corrected chi connectivity index (χ1v) is 17.0. The van der Waals surface area contributed by atoms with Crippen LogP contribution in [0.1, 0.15) is 71.3 Å². The fourth-order valence-corrected chi connectivity index (χ4v) is 7.15. The molecule has 13 nitrogen and oxygen atoms in total. The Bertz CT molecular complexity index is 1390. The van der Waals surface area contributed by atoms with Gasteiger partial charge >= 0.3 is 6.09 Å². The average molecular weight is 670 g/mol. The molecule has 1 aromatic rings. The van der Waals surface area contributed by atoms with Gasteiger partial charge in [0.15, 0.2) is 0 Å². The highest BCUT2D eigenvalue weighted by atomic mass is 16.6. The molecule has 48 heavy (non-hydrogen) atoms. The van der Waals surface area contributed by atoms with Crippen LogP contribution in [0.4, 0.5) is 4.79 Å². The molecule has 2 aliphatic heterocycles. The number of nitrogens with two attached hydrogens (primary N) is 1. The molecule has 2 saturated heterocycles. The van der Waals surface area contributed by atoms with E-state index in [-0.39, 0.29) is 31.3 Å². The average Bonchev–Trinajstić information content (AvgIpc) is 3.97. The normalized spacial score (nSPS) is 25.2. The maximum Gasteiger partial charge on any atom is 0.408 e. The molecule has 13 heteroatoms. The fraction of sp³-hybridized carbons (Fsp3) is 0.686. The molecule has 0 aromatic heterocycles. The highest BCUT2D eigenvalue weighted by Gasteiger charge is 2.62. The summed E-state index contributed by atoms with van der Waals surface area (Å²) >= 11 is 0. The van der Waals surface area contributed by atoms with Crippen LogP contribution in [-0.4, -0.2) is 109 Å². The lowest BCUT2D eigenvalue weighted by Gasteiger charge is -2.35. The van der Waals surface area contributed by atoms with Gasteiger partial charge < -0.3 is 40.0 Å². The molecule has 5 rings (SSSR count). The first kappa shape index (κ1) is 35.4. The summed E-state index contributed by atoms with van der Waals surface area (Å²) in [6.45, 7) is 5.81. The molecule has 4 fully saturated rings. The van der Waals surface area contributed by atoms with E-state index in [4.69, 9.17) is 19.9 Å². The van der Waals surface area contributed by atoms with Crippen LogP contribution in [0.25, 0.3) is 0 Å². The molecule has 1 unspecified atom stereocenters. The minimum atomic E-state index is -1.17. The number of likely N-dealkylation sites (tertiary alicyclic amines) is 2. The van der Waals surface area contributed by atoms with Gasteiger partial charge in [-0.2, -0.15) is 0 Å². The third kappa shape index (κ3) is 7.88. The third-order valence-corrected chi connectivity index (χ3v) is 10.1. The number of hydrogen-bond donors (Lipinski definition) is 2. The number of methoxy groups -OCH3 is 2. The van der Waals surface area contributed by atoms with Crippen LogP contribution in [0, 0.1) is 17.3 Å². The first-order chi connectivity index (χ1) is 22.7. The fourth-order valence-electron chi connectivity index (χ4n) is 7.15. The van der Waals surface area contributed by atoms with Crippen molar-refractivity contribution in [3.05, 3.63) is 29.8 Å². The lowest BCUT2D eigenvalue weighted by molar-refractivity contribution is -0.149. The summed E-state index contributed by atoms with van der Waals surface area (Å²) in [5.41, 5.74) is 4.89. The van der Waals surface area contributed by atoms with Crippen molar-refractivity contribution in [2.75, 3.05) is 34.4 Å². The number of ether oxygens (including phenoxy) is 3. The maximum absolute atomic E-state index is 14.5. The number of likely N-dealkylation sites (N-methyl/N-ethyl adjacent to an activating group) is 1. The highest BCUT2D eigenvalue weighted by Crippen LogP contribution is 2.46. The van der Waals surface area contributed by atoms with Crippen LogP contribution in [0.15, 0.2) is 24.3 Å². The van der Waals surface area contributed by atoms with E-state index in [0.29, 0.717) is 31.1 Å². The van der Waals surface area contributed by atoms with Crippen LogP contribution in [0.3, 0.4) is 0 Å². The van der Waals surface area contributed by atoms with Gasteiger partial charge in [-0.15, -0.1) is 0 Å². The molecule has 2 saturated carbocycles. The zero-order chi connectivity index (χ0) is 35.0. The Kier molecular flexibility index (Phi) is 10.3. The van der Waals surface area contributed by atoms with Gasteiger partial charge in [0.05, 0.1) is 18.6 Å². The zero-order valence-electron chi connectivity index (χ0n) is 29.0. The summed E-state index contributed by atoms with van der Waals surface area (Å²) in [6, 6.07) is 4.61. The van der Waals surface area contributed by atoms with Gasteiger partial charge in [0.25, 0.3) is 0 Å². The van der Waals surface area contributed by atoms with E-state index < -0.39 is 59.1 Å². The van der Waals surface area contributed by atoms with Crippen molar-refractivity contribution in [3.63, 3.8) is 0 Å². The minimum absolute atomic E-state index is 0.0306. The molecule has 4 aliphatic rings. The van der Waals surface area contributed by atoms with E-state index in [1.165, 1.54) is 16.9 Å². The van der Waals surface area contributed by atoms with Crippen molar-refractivity contribution in [1.82, 2.24) is 20.0 Å². The number of alkyl carbamates (subject to hydrolysis) is 1. The van der Waals surface area contributed by atoms with Gasteiger partial charge in [0.2, 0.25) is 23.6 Å². The van der Waals surface area contributed by atoms with Crippen molar-refractivity contribution in [2.24, 2.45) is 23.0 Å². The molecule has 1 spiro atoms. The van der Waals surface area contributed by atoms with Crippen LogP contribution in [0.2, 0.25) is 0 Å². The minimum Gasteiger partial charge on any atom is -0.497 e. The van der Waals surface area contributed by atoms with Gasteiger partial charge in [-0.3, -0.25) is 19.2 Å². The number of nitrogens with zero attached hydrogens (tertiary/aromatic N) is 3. The Morgan fingerprint density at radius 1 is 1.04 bits per heavy atom. The van der Waals surface area contributed by atoms with Gasteiger partial charge in [-0.25, -0.2) is 4.79 Å². The quantitative estimate of drug-likeness (QED) is 0.324. The lowest BCUT2D eigenvalue weighted by atomic mass is 9.81. The largest absolute Gasteiger partial charge is 0.497 e. The second kappa shape index (κ2) is 13.9. The Hall–Kier alpha value is -3.87. The number of carbonyl (C=O) groups is 5. The Morgan fingerprint density at radius 2 is 1.67 bits per heavy atom. The summed E-state index contributed by atoms with van der Waals surface area (Å²) in [6.07, 6.45) is 3.40. The number of carbonyl (C=O) groups excluding carboxylic acids is 5. The first-order valence-electron chi connectivity index (χ1n) is 17.0. The maximum atomic E-state index is 14.5. The SMILES string of the molecule is COc1ccc(CN2CC(OC)[C@@]3(C[C@@H](C(N)=O)N(C(=O)[C@H](CC4CC4)N(C)C(=O)[C@H](CC4CC4)NC(=O)OC(C)(C)C)C3)C2=O)cc1. The lowest BCUT2D eigenvalue weighted by Crippen LogP contribution is -2.57. The molecule has 264 valence electrons. The Labute approximate surface area is 282 Å². The summed E-state index contributed by atoms with van der Waals surface area (Å²) in [7, 11) is 4.69. The number of amides is 5. The molecule has 0 bridgehead atoms. The topological polar surface area (TPSA) is 161 Å². The van der Waals surface area contributed by atoms with Crippen LogP contribution in [-0.2, 0) is 35.2 Å². The van der Waals surface area contributed by atoms with Crippen LogP contribution >= 0.6 is 0 Å². The second-order valence-electron chi connectivity index (χ2n) is 15.0. The zero-order valence-corrected chi connectivity index (χ0v) is 29.0. The van der Waals surface area contributed by atoms with Gasteiger partial charge in [-0.1, -0.05) is 37.8 Å². The van der Waals surface area contributed by atoms with Crippen LogP contribution in [0.5, 0.6) is 5.75 Å². The molecule has 5 amide bonds. The standard InChI is InChI=1S/C35H51N5O8/c1-34(2,3)48-33(45)37-25(15-21-7-8-21)30(42)38(4)26(16-22-9-10-22)31(43)40-20-35(17-27(40)29(36)41)28(47-6)19-39(32(35)44)18-23-11-13-24(46-5)14-12-23/h11-14,21-22,25-28H,7-10,15-20H2,1-6H3,(H2,36,41)(H,37,45)/t25-,26-,27-,28?,35-/m0/s1. The number of rotatable bonds is 13. The Balaban J connectivity index is 1.37. The van der Waals surface area contributed by atoms with Crippen molar-refractivity contribution in [2.45, 2.75) is 102 Å². The third-order valence-electron chi connectivity index (χ3n) is 10.1. The smallest absolute Gasteiger partial charge is 0.408 e. The summed E-state index contributed by atoms with van der Waals surface area (Å²) < 4.78 is 16.6. The molecule has 1 aromatic carbocycles.